The van der Waals surface area contributed by atoms with E-state index in [9.17, 15) is 4.79 Å². The van der Waals surface area contributed by atoms with E-state index in [1.165, 1.54) is 0 Å². The van der Waals surface area contributed by atoms with Crippen molar-refractivity contribution in [1.29, 1.82) is 0 Å². The highest BCUT2D eigenvalue weighted by molar-refractivity contribution is 5.95. The lowest BCUT2D eigenvalue weighted by molar-refractivity contribution is 0.0733. The summed E-state index contributed by atoms with van der Waals surface area (Å²) in [6, 6.07) is 1.98. The van der Waals surface area contributed by atoms with E-state index in [0.29, 0.717) is 5.56 Å². The number of hydrogen-bond acceptors (Lipinski definition) is 4. The van der Waals surface area contributed by atoms with Crippen molar-refractivity contribution in [3.8, 4) is 0 Å². The molecule has 130 valence electrons. The van der Waals surface area contributed by atoms with Gasteiger partial charge in [-0.25, -0.2) is 9.50 Å². The number of carbonyl (C=O) groups is 1. The first-order valence-electron chi connectivity index (χ1n) is 8.61. The van der Waals surface area contributed by atoms with Crippen LogP contribution < -0.4 is 0 Å². The van der Waals surface area contributed by atoms with E-state index in [1.54, 1.807) is 10.7 Å². The Bertz CT molecular complexity index is 950. The second-order valence-electron chi connectivity index (χ2n) is 6.82. The highest BCUT2D eigenvalue weighted by Gasteiger charge is 2.34. The third kappa shape index (κ3) is 2.42. The number of fused-ring (bicyclic) bond motifs is 1. The predicted molar refractivity (Wildman–Crippen MR) is 93.5 cm³/mol. The van der Waals surface area contributed by atoms with Crippen molar-refractivity contribution in [2.75, 3.05) is 6.54 Å². The van der Waals surface area contributed by atoms with Crippen molar-refractivity contribution in [3.05, 3.63) is 46.2 Å². The van der Waals surface area contributed by atoms with Gasteiger partial charge in [-0.1, -0.05) is 0 Å². The van der Waals surface area contributed by atoms with E-state index in [2.05, 4.69) is 20.3 Å². The molecule has 0 aromatic carbocycles. The smallest absolute Gasteiger partial charge is 0.257 e. The number of likely N-dealkylation sites (tertiary alicyclic amines) is 1. The van der Waals surface area contributed by atoms with Gasteiger partial charge in [0.05, 0.1) is 28.7 Å². The number of amides is 1. The van der Waals surface area contributed by atoms with Crippen LogP contribution in [0.4, 0.5) is 0 Å². The summed E-state index contributed by atoms with van der Waals surface area (Å²) in [5, 5.41) is 11.8. The maximum atomic E-state index is 13.3. The monoisotopic (exact) mass is 338 g/mol. The summed E-state index contributed by atoms with van der Waals surface area (Å²) in [6.07, 6.45) is 3.64. The fourth-order valence-corrected chi connectivity index (χ4v) is 3.89. The van der Waals surface area contributed by atoms with E-state index >= 15 is 0 Å². The lowest BCUT2D eigenvalue weighted by Crippen LogP contribution is -2.32. The van der Waals surface area contributed by atoms with Crippen LogP contribution in [-0.2, 0) is 0 Å². The SMILES string of the molecule is Cc1cc2ncc(C(=O)N3CCCC3c3c(C)n[nH]c3C)c(C)n2n1. The van der Waals surface area contributed by atoms with Gasteiger partial charge in [-0.15, -0.1) is 0 Å². The molecule has 1 aliphatic heterocycles. The number of nitrogens with one attached hydrogen (secondary N) is 1. The van der Waals surface area contributed by atoms with Crippen molar-refractivity contribution < 1.29 is 4.79 Å². The molecule has 4 rings (SSSR count). The standard InChI is InChI=1S/C18H22N6O/c1-10-8-16-19-9-14(13(4)24(16)22-10)18(25)23-7-5-6-15(23)17-11(2)20-21-12(17)3/h8-9,15H,5-7H2,1-4H3,(H,20,21). The molecule has 7 heteroatoms. The van der Waals surface area contributed by atoms with Gasteiger partial charge in [0.1, 0.15) is 0 Å². The molecule has 3 aromatic rings. The molecule has 0 saturated carbocycles. The first kappa shape index (κ1) is 15.8. The van der Waals surface area contributed by atoms with Gasteiger partial charge in [0.2, 0.25) is 0 Å². The molecular weight excluding hydrogens is 316 g/mol. The van der Waals surface area contributed by atoms with Crippen molar-refractivity contribution in [1.82, 2.24) is 29.7 Å². The summed E-state index contributed by atoms with van der Waals surface area (Å²) in [6.45, 7) is 8.61. The quantitative estimate of drug-likeness (QED) is 0.779. The van der Waals surface area contributed by atoms with Gasteiger partial charge >= 0.3 is 0 Å². The third-order valence-corrected chi connectivity index (χ3v) is 5.11. The molecule has 1 amide bonds. The Labute approximate surface area is 146 Å². The lowest BCUT2D eigenvalue weighted by Gasteiger charge is -2.26. The molecule has 0 bridgehead atoms. The molecule has 0 spiro atoms. The topological polar surface area (TPSA) is 79.2 Å². The molecule has 1 fully saturated rings. The van der Waals surface area contributed by atoms with Gasteiger partial charge in [0, 0.05) is 30.1 Å². The van der Waals surface area contributed by atoms with Gasteiger partial charge in [0.25, 0.3) is 5.91 Å². The number of aromatic amines is 1. The maximum absolute atomic E-state index is 13.3. The van der Waals surface area contributed by atoms with Crippen molar-refractivity contribution in [2.45, 2.75) is 46.6 Å². The molecule has 1 unspecified atom stereocenters. The molecule has 4 heterocycles. The molecule has 1 N–H and O–H groups in total. The normalized spacial score (nSPS) is 17.6. The minimum Gasteiger partial charge on any atom is -0.331 e. The molecule has 1 saturated heterocycles. The summed E-state index contributed by atoms with van der Waals surface area (Å²) in [5.41, 5.74) is 6.25. The van der Waals surface area contributed by atoms with Gasteiger partial charge in [0.15, 0.2) is 5.65 Å². The van der Waals surface area contributed by atoms with Crippen molar-refractivity contribution in [3.63, 3.8) is 0 Å². The van der Waals surface area contributed by atoms with Crippen LogP contribution in [0.15, 0.2) is 12.3 Å². The van der Waals surface area contributed by atoms with Crippen LogP contribution in [0.3, 0.4) is 0 Å². The molecule has 3 aromatic heterocycles. The van der Waals surface area contributed by atoms with Gasteiger partial charge < -0.3 is 4.90 Å². The molecule has 1 aliphatic rings. The Hall–Kier alpha value is -2.70. The van der Waals surface area contributed by atoms with Crippen molar-refractivity contribution >= 4 is 11.6 Å². The van der Waals surface area contributed by atoms with E-state index < -0.39 is 0 Å². The lowest BCUT2D eigenvalue weighted by atomic mass is 10.0. The highest BCUT2D eigenvalue weighted by atomic mass is 16.2. The summed E-state index contributed by atoms with van der Waals surface area (Å²) < 4.78 is 1.75. The fourth-order valence-electron chi connectivity index (χ4n) is 3.89. The van der Waals surface area contributed by atoms with Crippen LogP contribution in [0, 0.1) is 27.7 Å². The van der Waals surface area contributed by atoms with Crippen molar-refractivity contribution in [2.24, 2.45) is 0 Å². The summed E-state index contributed by atoms with van der Waals surface area (Å²) in [5.74, 6) is 0.0163. The first-order valence-corrected chi connectivity index (χ1v) is 8.61. The van der Waals surface area contributed by atoms with Gasteiger partial charge in [-0.3, -0.25) is 9.89 Å². The maximum Gasteiger partial charge on any atom is 0.257 e. The minimum absolute atomic E-state index is 0.0163. The highest BCUT2D eigenvalue weighted by Crippen LogP contribution is 2.36. The van der Waals surface area contributed by atoms with Crippen LogP contribution in [-0.4, -0.2) is 42.1 Å². The van der Waals surface area contributed by atoms with Crippen LogP contribution >= 0.6 is 0 Å². The zero-order valence-corrected chi connectivity index (χ0v) is 15.0. The Balaban J connectivity index is 1.74. The molecular formula is C18H22N6O. The number of rotatable bonds is 2. The number of hydrogen-bond donors (Lipinski definition) is 1. The summed E-state index contributed by atoms with van der Waals surface area (Å²) in [7, 11) is 0. The average Bonchev–Trinajstić information content (AvgIpc) is 3.26. The largest absolute Gasteiger partial charge is 0.331 e. The van der Waals surface area contributed by atoms with Crippen LogP contribution in [0.5, 0.6) is 0 Å². The Morgan fingerprint density at radius 3 is 2.80 bits per heavy atom. The van der Waals surface area contributed by atoms with Gasteiger partial charge in [-0.05, 0) is 40.5 Å². The second kappa shape index (κ2) is 5.68. The van der Waals surface area contributed by atoms with E-state index in [0.717, 1.165) is 53.4 Å². The fraction of sp³-hybridized carbons (Fsp3) is 0.444. The molecule has 7 nitrogen and oxygen atoms in total. The van der Waals surface area contributed by atoms with E-state index in [1.807, 2.05) is 38.7 Å². The number of aromatic nitrogens is 5. The van der Waals surface area contributed by atoms with E-state index in [4.69, 9.17) is 0 Å². The minimum atomic E-state index is 0.0163. The number of nitrogens with zero attached hydrogens (tertiary/aromatic N) is 5. The Morgan fingerprint density at radius 2 is 2.08 bits per heavy atom. The van der Waals surface area contributed by atoms with Crippen LogP contribution in [0.2, 0.25) is 0 Å². The van der Waals surface area contributed by atoms with Crippen LogP contribution in [0.1, 0.15) is 57.6 Å². The predicted octanol–water partition coefficient (Wildman–Crippen LogP) is 2.66. The molecule has 0 aliphatic carbocycles. The number of H-pyrrole nitrogens is 1. The number of aryl methyl sites for hydroxylation is 4. The summed E-state index contributed by atoms with van der Waals surface area (Å²) >= 11 is 0. The Kier molecular flexibility index (Phi) is 3.59. The number of carbonyl (C=O) groups excluding carboxylic acids is 1. The average molecular weight is 338 g/mol. The third-order valence-electron chi connectivity index (χ3n) is 5.11. The van der Waals surface area contributed by atoms with Gasteiger partial charge in [-0.2, -0.15) is 10.2 Å². The zero-order valence-electron chi connectivity index (χ0n) is 15.0. The second-order valence-corrected chi connectivity index (χ2v) is 6.82. The van der Waals surface area contributed by atoms with Crippen LogP contribution in [0.25, 0.3) is 5.65 Å². The van der Waals surface area contributed by atoms with E-state index in [-0.39, 0.29) is 11.9 Å². The summed E-state index contributed by atoms with van der Waals surface area (Å²) in [4.78, 5) is 19.6. The molecule has 1 atom stereocenters. The zero-order chi connectivity index (χ0) is 17.7. The molecule has 25 heavy (non-hydrogen) atoms. The Morgan fingerprint density at radius 1 is 1.28 bits per heavy atom. The molecule has 0 radical (unpaired) electrons. The first-order chi connectivity index (χ1) is 12.0.